The molecule has 0 saturated carbocycles. The maximum atomic E-state index is 11.9. The first-order valence-electron chi connectivity index (χ1n) is 7.46. The molecule has 2 rings (SSSR count). The number of rotatable bonds is 7. The van der Waals surface area contributed by atoms with Gasteiger partial charge in [0.05, 0.1) is 18.0 Å². The van der Waals surface area contributed by atoms with Gasteiger partial charge in [0.1, 0.15) is 5.75 Å². The van der Waals surface area contributed by atoms with Crippen LogP contribution in [0.2, 0.25) is 0 Å². The van der Waals surface area contributed by atoms with Crippen LogP contribution < -0.4 is 5.32 Å². The van der Waals surface area contributed by atoms with Gasteiger partial charge < -0.3 is 10.4 Å². The monoisotopic (exact) mass is 483 g/mol. The maximum absolute atomic E-state index is 11.9. The van der Waals surface area contributed by atoms with Gasteiger partial charge in [-0.15, -0.1) is 0 Å². The van der Waals surface area contributed by atoms with E-state index in [1.54, 1.807) is 0 Å². The Labute approximate surface area is 166 Å². The lowest BCUT2D eigenvalue weighted by molar-refractivity contribution is -0.384. The van der Waals surface area contributed by atoms with Gasteiger partial charge in [-0.2, -0.15) is 0 Å². The molecule has 0 amide bonds. The number of carbonyl (C=O) groups excluding carboxylic acids is 1. The Bertz CT molecular complexity index is 861. The minimum atomic E-state index is -0.566. The summed E-state index contributed by atoms with van der Waals surface area (Å²) < 4.78 is 1.84. The van der Waals surface area contributed by atoms with Crippen LogP contribution in [-0.4, -0.2) is 35.1 Å². The summed E-state index contributed by atoms with van der Waals surface area (Å²) in [6.45, 7) is 1.94. The van der Waals surface area contributed by atoms with Crippen LogP contribution in [-0.2, 0) is 4.79 Å². The van der Waals surface area contributed by atoms with Crippen molar-refractivity contribution in [2.45, 2.75) is 6.92 Å². The molecule has 0 spiro atoms. The predicted octanol–water partition coefficient (Wildman–Crippen LogP) is 4.23. The van der Waals surface area contributed by atoms with Crippen LogP contribution in [0.3, 0.4) is 0 Å². The molecule has 0 atom stereocenters. The van der Waals surface area contributed by atoms with Crippen LogP contribution in [0.15, 0.2) is 44.3 Å². The smallest absolute Gasteiger partial charge is 0.270 e. The Hall–Kier alpha value is -2.26. The Morgan fingerprint density at radius 1 is 1.31 bits per heavy atom. The molecule has 0 fully saturated rings. The summed E-state index contributed by atoms with van der Waals surface area (Å²) in [6.07, 6.45) is 1.25. The number of phenols is 1. The van der Waals surface area contributed by atoms with Crippen LogP contribution in [0.5, 0.6) is 5.75 Å². The number of benzene rings is 2. The van der Waals surface area contributed by atoms with E-state index in [9.17, 15) is 20.0 Å². The van der Waals surface area contributed by atoms with E-state index in [4.69, 9.17) is 0 Å². The topological polar surface area (TPSA) is 105 Å². The average Bonchev–Trinajstić information content (AvgIpc) is 2.59. The van der Waals surface area contributed by atoms with E-state index in [0.717, 1.165) is 20.2 Å². The molecule has 2 aromatic rings. The number of nitro benzene ring substituents is 1. The highest BCUT2D eigenvalue weighted by molar-refractivity contribution is 9.11. The Morgan fingerprint density at radius 2 is 1.96 bits per heavy atom. The zero-order chi connectivity index (χ0) is 19.3. The van der Waals surface area contributed by atoms with Crippen molar-refractivity contribution in [1.82, 2.24) is 0 Å². The van der Waals surface area contributed by atoms with Crippen molar-refractivity contribution in [3.8, 4) is 5.75 Å². The second-order valence-corrected chi connectivity index (χ2v) is 7.14. The van der Waals surface area contributed by atoms with Crippen molar-refractivity contribution in [1.29, 1.82) is 0 Å². The first kappa shape index (κ1) is 20.1. The number of carbonyl (C=O) groups is 1. The Balaban J connectivity index is 1.94. The van der Waals surface area contributed by atoms with E-state index >= 15 is 0 Å². The van der Waals surface area contributed by atoms with Gasteiger partial charge in [-0.3, -0.25) is 19.9 Å². The molecule has 136 valence electrons. The van der Waals surface area contributed by atoms with Crippen molar-refractivity contribution < 1.29 is 14.8 Å². The second kappa shape index (κ2) is 8.91. The fourth-order valence-electron chi connectivity index (χ4n) is 2.01. The van der Waals surface area contributed by atoms with Crippen LogP contribution in [0.25, 0.3) is 0 Å². The van der Waals surface area contributed by atoms with Gasteiger partial charge in [0.15, 0.2) is 5.78 Å². The third-order valence-electron chi connectivity index (χ3n) is 3.49. The number of aliphatic imine (C=N–C) groups is 1. The molecule has 0 aliphatic heterocycles. The molecule has 7 nitrogen and oxygen atoms in total. The molecule has 0 saturated heterocycles. The first-order chi connectivity index (χ1) is 12.3. The Kier molecular flexibility index (Phi) is 6.87. The molecule has 0 heterocycles. The summed E-state index contributed by atoms with van der Waals surface area (Å²) in [4.78, 5) is 26.1. The van der Waals surface area contributed by atoms with Gasteiger partial charge in [-0.05, 0) is 30.7 Å². The number of nitrogens with one attached hydrogen (secondary N) is 1. The number of ketones is 1. The van der Waals surface area contributed by atoms with Crippen molar-refractivity contribution in [2.75, 3.05) is 18.4 Å². The van der Waals surface area contributed by atoms with Crippen LogP contribution in [0.1, 0.15) is 11.1 Å². The second-order valence-electron chi connectivity index (χ2n) is 5.43. The number of hydrogen-bond donors (Lipinski definition) is 2. The molecular formula is C17H15Br2N3O4. The first-order valence-corrected chi connectivity index (χ1v) is 9.05. The lowest BCUT2D eigenvalue weighted by atomic mass is 10.2. The third-order valence-corrected chi connectivity index (χ3v) is 5.14. The highest BCUT2D eigenvalue weighted by Crippen LogP contribution is 2.28. The van der Waals surface area contributed by atoms with E-state index in [-0.39, 0.29) is 35.9 Å². The molecule has 9 heteroatoms. The fourth-order valence-corrected chi connectivity index (χ4v) is 3.20. The summed E-state index contributed by atoms with van der Waals surface area (Å²) in [5, 5.41) is 23.4. The highest BCUT2D eigenvalue weighted by Gasteiger charge is 2.09. The van der Waals surface area contributed by atoms with Gasteiger partial charge in [0, 0.05) is 38.5 Å². The molecule has 0 aromatic heterocycles. The van der Waals surface area contributed by atoms with Crippen LogP contribution >= 0.6 is 31.9 Å². The molecule has 2 aromatic carbocycles. The zero-order valence-corrected chi connectivity index (χ0v) is 16.9. The average molecular weight is 485 g/mol. The van der Waals surface area contributed by atoms with E-state index in [2.05, 4.69) is 42.2 Å². The van der Waals surface area contributed by atoms with Gasteiger partial charge in [-0.25, -0.2) is 0 Å². The number of phenolic OH excluding ortho intramolecular Hbond substituents is 1. The van der Waals surface area contributed by atoms with E-state index in [1.807, 2.05) is 19.1 Å². The summed E-state index contributed by atoms with van der Waals surface area (Å²) >= 11 is 6.89. The van der Waals surface area contributed by atoms with Gasteiger partial charge in [0.25, 0.3) is 5.69 Å². The summed E-state index contributed by atoms with van der Waals surface area (Å²) in [5.74, 6) is -0.307. The fraction of sp³-hybridized carbons (Fsp3) is 0.176. The number of nitrogens with zero attached hydrogens (tertiary/aromatic N) is 2. The number of hydrogen-bond acceptors (Lipinski definition) is 6. The molecule has 26 heavy (non-hydrogen) atoms. The van der Waals surface area contributed by atoms with Crippen molar-refractivity contribution in [3.63, 3.8) is 0 Å². The minimum Gasteiger partial charge on any atom is -0.507 e. The lowest BCUT2D eigenvalue weighted by Crippen LogP contribution is -2.16. The largest absolute Gasteiger partial charge is 0.507 e. The maximum Gasteiger partial charge on any atom is 0.270 e. The van der Waals surface area contributed by atoms with Crippen LogP contribution in [0.4, 0.5) is 11.4 Å². The quantitative estimate of drug-likeness (QED) is 0.347. The summed E-state index contributed by atoms with van der Waals surface area (Å²) in [6, 6.07) is 7.36. The molecule has 0 bridgehead atoms. The number of anilines is 1. The molecule has 0 aliphatic carbocycles. The number of non-ortho nitro benzene ring substituents is 1. The minimum absolute atomic E-state index is 0.0835. The third kappa shape index (κ3) is 5.37. The molecule has 0 aliphatic rings. The zero-order valence-electron chi connectivity index (χ0n) is 13.7. The summed E-state index contributed by atoms with van der Waals surface area (Å²) in [5.41, 5.74) is 1.87. The van der Waals surface area contributed by atoms with Gasteiger partial charge >= 0.3 is 0 Å². The summed E-state index contributed by atoms with van der Waals surface area (Å²) in [7, 11) is 0. The van der Waals surface area contributed by atoms with Crippen molar-refractivity contribution in [2.24, 2.45) is 4.99 Å². The van der Waals surface area contributed by atoms with Gasteiger partial charge in [0.2, 0.25) is 0 Å². The SMILES string of the molecule is Cc1c(Br)cc(NCC(=O)CN=Cc2cc([N+](=O)[O-])ccc2O)cc1Br. The number of Topliss-reactive ketones (excluding diaryl/α,β-unsaturated/α-hetero) is 1. The van der Waals surface area contributed by atoms with Crippen molar-refractivity contribution >= 4 is 55.2 Å². The molecule has 2 N–H and O–H groups in total. The molecule has 0 radical (unpaired) electrons. The van der Waals surface area contributed by atoms with E-state index in [1.165, 1.54) is 24.4 Å². The highest BCUT2D eigenvalue weighted by atomic mass is 79.9. The lowest BCUT2D eigenvalue weighted by Gasteiger charge is -2.09. The normalized spacial score (nSPS) is 10.9. The van der Waals surface area contributed by atoms with E-state index < -0.39 is 4.92 Å². The number of halogens is 2. The molecular weight excluding hydrogens is 470 g/mol. The predicted molar refractivity (Wildman–Crippen MR) is 107 cm³/mol. The van der Waals surface area contributed by atoms with Crippen molar-refractivity contribution in [3.05, 3.63) is 60.5 Å². The van der Waals surface area contributed by atoms with Crippen LogP contribution in [0, 0.1) is 17.0 Å². The molecule has 0 unspecified atom stereocenters. The Morgan fingerprint density at radius 3 is 2.58 bits per heavy atom. The number of nitro groups is 1. The van der Waals surface area contributed by atoms with E-state index in [0.29, 0.717) is 0 Å². The van der Waals surface area contributed by atoms with Gasteiger partial charge in [-0.1, -0.05) is 31.9 Å². The number of aromatic hydroxyl groups is 1. The standard InChI is InChI=1S/C17H15Br2N3O4/c1-10-15(18)5-12(6-16(10)19)21-9-14(23)8-20-7-11-4-13(22(25)26)2-3-17(11)24/h2-7,21,24H,8-9H2,1H3.